The van der Waals surface area contributed by atoms with Gasteiger partial charge in [-0.1, -0.05) is 31.2 Å². The predicted octanol–water partition coefficient (Wildman–Crippen LogP) is 2.20. The fourth-order valence-electron chi connectivity index (χ4n) is 1.91. The first-order chi connectivity index (χ1) is 7.15. The van der Waals surface area contributed by atoms with E-state index in [0.29, 0.717) is 5.92 Å². The lowest BCUT2D eigenvalue weighted by molar-refractivity contribution is 0.399. The van der Waals surface area contributed by atoms with Crippen molar-refractivity contribution in [2.45, 2.75) is 25.8 Å². The first-order valence-electron chi connectivity index (χ1n) is 5.57. The highest BCUT2D eigenvalue weighted by Crippen LogP contribution is 2.22. The van der Waals surface area contributed by atoms with Gasteiger partial charge in [0.25, 0.3) is 0 Å². The van der Waals surface area contributed by atoms with Crippen LogP contribution in [0, 0.1) is 0 Å². The Hall–Kier alpha value is -0.860. The van der Waals surface area contributed by atoms with E-state index in [2.05, 4.69) is 50.2 Å². The van der Waals surface area contributed by atoms with E-state index >= 15 is 0 Å². The third kappa shape index (κ3) is 3.65. The van der Waals surface area contributed by atoms with Crippen LogP contribution in [-0.2, 0) is 6.54 Å². The number of hydrogen-bond acceptors (Lipinski definition) is 2. The van der Waals surface area contributed by atoms with Crippen LogP contribution in [0.4, 0.5) is 0 Å². The van der Waals surface area contributed by atoms with Gasteiger partial charge in [0.05, 0.1) is 0 Å². The number of nitrogens with zero attached hydrogens (tertiary/aromatic N) is 1. The molecular weight excluding hydrogens is 184 g/mol. The van der Waals surface area contributed by atoms with Crippen molar-refractivity contribution in [3.8, 4) is 0 Å². The molecule has 0 aliphatic carbocycles. The molecule has 1 aromatic rings. The molecular formula is C13H22N2. The largest absolute Gasteiger partial charge is 0.330 e. The molecule has 84 valence electrons. The Bertz CT molecular complexity index is 294. The van der Waals surface area contributed by atoms with Gasteiger partial charge in [-0.05, 0) is 44.1 Å². The average Bonchev–Trinajstić information content (AvgIpc) is 2.18. The lowest BCUT2D eigenvalue weighted by Crippen LogP contribution is -2.14. The molecule has 0 saturated carbocycles. The van der Waals surface area contributed by atoms with Gasteiger partial charge in [0.2, 0.25) is 0 Å². The monoisotopic (exact) mass is 206 g/mol. The van der Waals surface area contributed by atoms with Crippen LogP contribution in [0.3, 0.4) is 0 Å². The van der Waals surface area contributed by atoms with E-state index < -0.39 is 0 Å². The highest BCUT2D eigenvalue weighted by Gasteiger charge is 2.09. The summed E-state index contributed by atoms with van der Waals surface area (Å²) in [5, 5.41) is 0. The summed E-state index contributed by atoms with van der Waals surface area (Å²) in [4.78, 5) is 2.20. The highest BCUT2D eigenvalue weighted by molar-refractivity contribution is 5.30. The molecule has 0 fully saturated rings. The van der Waals surface area contributed by atoms with E-state index in [1.807, 2.05) is 0 Å². The summed E-state index contributed by atoms with van der Waals surface area (Å²) in [7, 11) is 4.20. The second-order valence-electron chi connectivity index (χ2n) is 4.41. The van der Waals surface area contributed by atoms with E-state index in [1.165, 1.54) is 11.1 Å². The van der Waals surface area contributed by atoms with Crippen molar-refractivity contribution in [2.24, 2.45) is 5.73 Å². The minimum absolute atomic E-state index is 0.561. The summed E-state index contributed by atoms with van der Waals surface area (Å²) in [6.07, 6.45) is 1.06. The van der Waals surface area contributed by atoms with Gasteiger partial charge < -0.3 is 10.6 Å². The average molecular weight is 206 g/mol. The van der Waals surface area contributed by atoms with Crippen molar-refractivity contribution in [1.29, 1.82) is 0 Å². The van der Waals surface area contributed by atoms with Gasteiger partial charge in [-0.2, -0.15) is 0 Å². The van der Waals surface area contributed by atoms with E-state index in [4.69, 9.17) is 5.73 Å². The van der Waals surface area contributed by atoms with Gasteiger partial charge in [-0.25, -0.2) is 0 Å². The minimum atomic E-state index is 0.561. The fraction of sp³-hybridized carbons (Fsp3) is 0.538. The Kier molecular flexibility index (Phi) is 4.79. The zero-order valence-corrected chi connectivity index (χ0v) is 10.0. The van der Waals surface area contributed by atoms with Gasteiger partial charge in [0, 0.05) is 6.54 Å². The van der Waals surface area contributed by atoms with Crippen molar-refractivity contribution < 1.29 is 0 Å². The molecule has 2 nitrogen and oxygen atoms in total. The molecule has 1 rings (SSSR count). The van der Waals surface area contributed by atoms with Crippen molar-refractivity contribution in [1.82, 2.24) is 4.90 Å². The number of rotatable bonds is 5. The Labute approximate surface area is 93.1 Å². The quantitative estimate of drug-likeness (QED) is 0.800. The zero-order valence-electron chi connectivity index (χ0n) is 10.0. The summed E-state index contributed by atoms with van der Waals surface area (Å²) in [6.45, 7) is 4.02. The maximum absolute atomic E-state index is 5.61. The first kappa shape index (κ1) is 12.2. The SMILES string of the molecule is CC(CCN)c1ccccc1CN(C)C. The van der Waals surface area contributed by atoms with Crippen molar-refractivity contribution in [3.63, 3.8) is 0 Å². The van der Waals surface area contributed by atoms with Crippen LogP contribution < -0.4 is 5.73 Å². The van der Waals surface area contributed by atoms with Crippen LogP contribution in [0.2, 0.25) is 0 Å². The Morgan fingerprint density at radius 1 is 1.27 bits per heavy atom. The molecule has 0 radical (unpaired) electrons. The normalized spacial score (nSPS) is 13.1. The van der Waals surface area contributed by atoms with Crippen molar-refractivity contribution >= 4 is 0 Å². The van der Waals surface area contributed by atoms with Crippen LogP contribution >= 0.6 is 0 Å². The first-order valence-corrected chi connectivity index (χ1v) is 5.57. The number of hydrogen-bond donors (Lipinski definition) is 1. The standard InChI is InChI=1S/C13H22N2/c1-11(8-9-14)13-7-5-4-6-12(13)10-15(2)3/h4-7,11H,8-10,14H2,1-3H3. The molecule has 0 heterocycles. The maximum Gasteiger partial charge on any atom is 0.0230 e. The molecule has 0 aliphatic heterocycles. The Morgan fingerprint density at radius 2 is 1.93 bits per heavy atom. The topological polar surface area (TPSA) is 29.3 Å². The molecule has 0 saturated heterocycles. The second kappa shape index (κ2) is 5.89. The van der Waals surface area contributed by atoms with Crippen LogP contribution in [0.25, 0.3) is 0 Å². The highest BCUT2D eigenvalue weighted by atomic mass is 15.0. The van der Waals surface area contributed by atoms with Gasteiger partial charge >= 0.3 is 0 Å². The summed E-state index contributed by atoms with van der Waals surface area (Å²) < 4.78 is 0. The molecule has 1 atom stereocenters. The van der Waals surface area contributed by atoms with Crippen molar-refractivity contribution in [2.75, 3.05) is 20.6 Å². The van der Waals surface area contributed by atoms with Gasteiger partial charge in [0.15, 0.2) is 0 Å². The molecule has 1 aromatic carbocycles. The Morgan fingerprint density at radius 3 is 2.53 bits per heavy atom. The smallest absolute Gasteiger partial charge is 0.0230 e. The van der Waals surface area contributed by atoms with E-state index in [-0.39, 0.29) is 0 Å². The summed E-state index contributed by atoms with van der Waals surface area (Å²) in [6, 6.07) is 8.65. The molecule has 0 aromatic heterocycles. The molecule has 15 heavy (non-hydrogen) atoms. The molecule has 0 bridgehead atoms. The molecule has 1 unspecified atom stereocenters. The summed E-state index contributed by atoms with van der Waals surface area (Å²) in [5.74, 6) is 0.561. The predicted molar refractivity (Wildman–Crippen MR) is 65.9 cm³/mol. The van der Waals surface area contributed by atoms with E-state index in [9.17, 15) is 0 Å². The zero-order chi connectivity index (χ0) is 11.3. The molecule has 0 amide bonds. The third-order valence-corrected chi connectivity index (χ3v) is 2.67. The van der Waals surface area contributed by atoms with E-state index in [1.54, 1.807) is 0 Å². The molecule has 0 spiro atoms. The number of benzene rings is 1. The third-order valence-electron chi connectivity index (χ3n) is 2.67. The van der Waals surface area contributed by atoms with Gasteiger partial charge in [-0.15, -0.1) is 0 Å². The number of nitrogens with two attached hydrogens (primary N) is 1. The van der Waals surface area contributed by atoms with Crippen molar-refractivity contribution in [3.05, 3.63) is 35.4 Å². The Balaban J connectivity index is 2.85. The van der Waals surface area contributed by atoms with E-state index in [0.717, 1.165) is 19.5 Å². The molecule has 2 heteroatoms. The lowest BCUT2D eigenvalue weighted by Gasteiger charge is -2.18. The molecule has 0 aliphatic rings. The fourth-order valence-corrected chi connectivity index (χ4v) is 1.91. The lowest BCUT2D eigenvalue weighted by atomic mass is 9.93. The molecule has 2 N–H and O–H groups in total. The second-order valence-corrected chi connectivity index (χ2v) is 4.41. The van der Waals surface area contributed by atoms with Crippen LogP contribution in [0.15, 0.2) is 24.3 Å². The minimum Gasteiger partial charge on any atom is -0.330 e. The van der Waals surface area contributed by atoms with Gasteiger partial charge in [0.1, 0.15) is 0 Å². The van der Waals surface area contributed by atoms with Crippen LogP contribution in [-0.4, -0.2) is 25.5 Å². The van der Waals surface area contributed by atoms with Crippen LogP contribution in [0.5, 0.6) is 0 Å². The summed E-state index contributed by atoms with van der Waals surface area (Å²) >= 11 is 0. The maximum atomic E-state index is 5.61. The summed E-state index contributed by atoms with van der Waals surface area (Å²) in [5.41, 5.74) is 8.47. The van der Waals surface area contributed by atoms with Gasteiger partial charge in [-0.3, -0.25) is 0 Å². The van der Waals surface area contributed by atoms with Crippen LogP contribution in [0.1, 0.15) is 30.4 Å².